The van der Waals surface area contributed by atoms with Crippen molar-refractivity contribution in [1.29, 1.82) is 0 Å². The lowest BCUT2D eigenvalue weighted by Crippen LogP contribution is -2.32. The van der Waals surface area contributed by atoms with Gasteiger partial charge in [0.2, 0.25) is 0 Å². The second-order valence-corrected chi connectivity index (χ2v) is 7.20. The van der Waals surface area contributed by atoms with Crippen molar-refractivity contribution < 1.29 is 0 Å². The molecule has 4 rings (SSSR count). The van der Waals surface area contributed by atoms with Crippen molar-refractivity contribution in [1.82, 2.24) is 9.55 Å². The highest BCUT2D eigenvalue weighted by Crippen LogP contribution is 2.37. The molecular formula is C19H25N5. The summed E-state index contributed by atoms with van der Waals surface area (Å²) < 4.78 is 2.11. The van der Waals surface area contributed by atoms with Gasteiger partial charge in [-0.2, -0.15) is 0 Å². The highest BCUT2D eigenvalue weighted by molar-refractivity contribution is 6.11. The van der Waals surface area contributed by atoms with Gasteiger partial charge >= 0.3 is 0 Å². The van der Waals surface area contributed by atoms with Crippen molar-refractivity contribution in [2.75, 3.05) is 6.54 Å². The number of aliphatic imine (C=N–C) groups is 1. The Morgan fingerprint density at radius 1 is 1.42 bits per heavy atom. The van der Waals surface area contributed by atoms with Gasteiger partial charge in [-0.25, -0.2) is 0 Å². The van der Waals surface area contributed by atoms with Gasteiger partial charge in [-0.3, -0.25) is 9.98 Å². The first-order valence-corrected chi connectivity index (χ1v) is 8.80. The number of rotatable bonds is 5. The summed E-state index contributed by atoms with van der Waals surface area (Å²) in [6.45, 7) is 0.768. The molecule has 5 heteroatoms. The molecule has 4 N–H and O–H groups in total. The third-order valence-electron chi connectivity index (χ3n) is 5.33. The number of fused-ring (bicyclic) bond motifs is 1. The molecule has 2 aromatic heterocycles. The van der Waals surface area contributed by atoms with E-state index in [0.717, 1.165) is 41.7 Å². The normalized spacial score (nSPS) is 25.1. The van der Waals surface area contributed by atoms with Gasteiger partial charge in [0.25, 0.3) is 0 Å². The van der Waals surface area contributed by atoms with Crippen LogP contribution >= 0.6 is 0 Å². The minimum atomic E-state index is 0.388. The van der Waals surface area contributed by atoms with Crippen molar-refractivity contribution in [3.8, 4) is 0 Å². The van der Waals surface area contributed by atoms with Crippen LogP contribution in [-0.4, -0.2) is 28.4 Å². The second-order valence-electron chi connectivity index (χ2n) is 7.20. The first kappa shape index (κ1) is 15.4. The molecule has 0 aromatic carbocycles. The molecule has 126 valence electrons. The Hall–Kier alpha value is -2.14. The van der Waals surface area contributed by atoms with E-state index in [1.54, 1.807) is 0 Å². The van der Waals surface area contributed by atoms with E-state index in [-0.39, 0.29) is 0 Å². The predicted molar refractivity (Wildman–Crippen MR) is 98.6 cm³/mol. The molecule has 0 unspecified atom stereocenters. The molecular weight excluding hydrogens is 298 g/mol. The summed E-state index contributed by atoms with van der Waals surface area (Å²) in [6, 6.07) is 4.59. The lowest BCUT2D eigenvalue weighted by molar-refractivity contribution is 0.276. The number of nitrogens with zero attached hydrogens (tertiary/aromatic N) is 3. The third-order valence-corrected chi connectivity index (χ3v) is 5.33. The van der Waals surface area contributed by atoms with E-state index in [9.17, 15) is 0 Å². The average Bonchev–Trinajstić information content (AvgIpc) is 3.34. The molecule has 0 spiro atoms. The number of hydrogen-bond donors (Lipinski definition) is 2. The largest absolute Gasteiger partial charge is 0.401 e. The first-order valence-electron chi connectivity index (χ1n) is 8.80. The molecule has 0 atom stereocenters. The van der Waals surface area contributed by atoms with Crippen LogP contribution in [0.4, 0.5) is 0 Å². The lowest BCUT2D eigenvalue weighted by atomic mass is 9.81. The van der Waals surface area contributed by atoms with E-state index in [1.807, 2.05) is 12.4 Å². The molecule has 24 heavy (non-hydrogen) atoms. The fourth-order valence-electron chi connectivity index (χ4n) is 3.41. The zero-order valence-electron chi connectivity index (χ0n) is 14.2. The Balaban J connectivity index is 1.66. The van der Waals surface area contributed by atoms with E-state index >= 15 is 0 Å². The topological polar surface area (TPSA) is 82.2 Å². The minimum absolute atomic E-state index is 0.388. The van der Waals surface area contributed by atoms with Gasteiger partial charge < -0.3 is 16.0 Å². The smallest absolute Gasteiger partial charge is 0.0755 e. The lowest BCUT2D eigenvalue weighted by Gasteiger charge is -2.31. The van der Waals surface area contributed by atoms with Crippen LogP contribution in [0.5, 0.6) is 0 Å². The maximum absolute atomic E-state index is 6.43. The third kappa shape index (κ3) is 2.84. The number of pyridine rings is 1. The maximum atomic E-state index is 6.43. The van der Waals surface area contributed by atoms with Gasteiger partial charge in [0.05, 0.1) is 17.3 Å². The summed E-state index contributed by atoms with van der Waals surface area (Å²) in [4.78, 5) is 9.40. The summed E-state index contributed by atoms with van der Waals surface area (Å²) in [6.07, 6.45) is 10.5. The maximum Gasteiger partial charge on any atom is 0.0755 e. The molecule has 2 saturated carbocycles. The van der Waals surface area contributed by atoms with Crippen LogP contribution in [0, 0.1) is 11.8 Å². The molecule has 0 saturated heterocycles. The van der Waals surface area contributed by atoms with Crippen LogP contribution in [0.25, 0.3) is 16.5 Å². The predicted octanol–water partition coefficient (Wildman–Crippen LogP) is 2.46. The Kier molecular flexibility index (Phi) is 3.88. The van der Waals surface area contributed by atoms with Crippen molar-refractivity contribution in [2.45, 2.75) is 31.7 Å². The van der Waals surface area contributed by atoms with Gasteiger partial charge in [-0.05, 0) is 56.2 Å². The van der Waals surface area contributed by atoms with E-state index in [2.05, 4.69) is 34.9 Å². The van der Waals surface area contributed by atoms with Crippen molar-refractivity contribution in [3.63, 3.8) is 0 Å². The molecule has 0 bridgehead atoms. The average molecular weight is 323 g/mol. The zero-order valence-corrected chi connectivity index (χ0v) is 14.2. The van der Waals surface area contributed by atoms with Crippen molar-refractivity contribution in [3.05, 3.63) is 35.9 Å². The molecule has 0 aliphatic heterocycles. The fourth-order valence-corrected chi connectivity index (χ4v) is 3.41. The van der Waals surface area contributed by atoms with Crippen LogP contribution in [0.2, 0.25) is 0 Å². The Morgan fingerprint density at radius 2 is 2.21 bits per heavy atom. The van der Waals surface area contributed by atoms with E-state index in [1.165, 1.54) is 18.4 Å². The van der Waals surface area contributed by atoms with E-state index in [4.69, 9.17) is 16.5 Å². The SMILES string of the molecule is Cn1ccc2cnc(C(C=NC3CC(CN)C3)=C(N)C3CC3)cc21. The Bertz CT molecular complexity index is 806. The van der Waals surface area contributed by atoms with E-state index in [0.29, 0.717) is 17.9 Å². The first-order chi connectivity index (χ1) is 11.7. The summed E-state index contributed by atoms with van der Waals surface area (Å²) >= 11 is 0. The fraction of sp³-hybridized carbons (Fsp3) is 0.474. The number of allylic oxidation sites excluding steroid dienone is 2. The van der Waals surface area contributed by atoms with E-state index < -0.39 is 0 Å². The van der Waals surface area contributed by atoms with Crippen LogP contribution < -0.4 is 11.5 Å². The van der Waals surface area contributed by atoms with Crippen LogP contribution in [0.1, 0.15) is 31.4 Å². The molecule has 2 fully saturated rings. The Morgan fingerprint density at radius 3 is 2.92 bits per heavy atom. The quantitative estimate of drug-likeness (QED) is 0.829. The highest BCUT2D eigenvalue weighted by Gasteiger charge is 2.29. The summed E-state index contributed by atoms with van der Waals surface area (Å²) in [7, 11) is 2.05. The number of aromatic nitrogens is 2. The van der Waals surface area contributed by atoms with Crippen LogP contribution in [-0.2, 0) is 7.05 Å². The van der Waals surface area contributed by atoms with Gasteiger partial charge in [0.15, 0.2) is 0 Å². The molecule has 0 radical (unpaired) electrons. The molecule has 2 heterocycles. The number of hydrogen-bond acceptors (Lipinski definition) is 4. The van der Waals surface area contributed by atoms with Crippen LogP contribution in [0.15, 0.2) is 35.2 Å². The summed E-state index contributed by atoms with van der Waals surface area (Å²) in [5.41, 5.74) is 16.2. The van der Waals surface area contributed by atoms with Gasteiger partial charge in [0, 0.05) is 42.3 Å². The molecule has 0 amide bonds. The molecule has 2 aliphatic rings. The van der Waals surface area contributed by atoms with Crippen molar-refractivity contribution >= 4 is 22.7 Å². The number of nitrogens with two attached hydrogens (primary N) is 2. The van der Waals surface area contributed by atoms with Crippen molar-refractivity contribution in [2.24, 2.45) is 35.3 Å². The summed E-state index contributed by atoms with van der Waals surface area (Å²) in [5, 5.41) is 1.15. The monoisotopic (exact) mass is 323 g/mol. The summed E-state index contributed by atoms with van der Waals surface area (Å²) in [5.74, 6) is 1.13. The highest BCUT2D eigenvalue weighted by atomic mass is 14.9. The van der Waals surface area contributed by atoms with Gasteiger partial charge in [0.1, 0.15) is 0 Å². The van der Waals surface area contributed by atoms with Gasteiger partial charge in [-0.15, -0.1) is 0 Å². The molecule has 5 nitrogen and oxygen atoms in total. The minimum Gasteiger partial charge on any atom is -0.401 e. The number of aryl methyl sites for hydroxylation is 1. The van der Waals surface area contributed by atoms with Crippen LogP contribution in [0.3, 0.4) is 0 Å². The standard InChI is InChI=1S/C19H25N5/c1-24-5-4-14-10-23-17(8-18(14)24)16(19(21)13-2-3-13)11-22-15-6-12(7-15)9-20/h4-5,8,10-13,15H,2-3,6-7,9,20-21H2,1H3. The molecule has 2 aromatic rings. The Labute approximate surface area is 142 Å². The second kappa shape index (κ2) is 6.06. The molecule has 2 aliphatic carbocycles. The zero-order chi connectivity index (χ0) is 16.7. The van der Waals surface area contributed by atoms with Gasteiger partial charge in [-0.1, -0.05) is 0 Å².